The molecule has 0 aliphatic heterocycles. The van der Waals surface area contributed by atoms with Crippen molar-refractivity contribution in [2.24, 2.45) is 0 Å². The van der Waals surface area contributed by atoms with Crippen LogP contribution in [0.15, 0.2) is 35.5 Å². The summed E-state index contributed by atoms with van der Waals surface area (Å²) in [5.41, 5.74) is 1.30. The van der Waals surface area contributed by atoms with Gasteiger partial charge >= 0.3 is 5.69 Å². The van der Waals surface area contributed by atoms with Crippen molar-refractivity contribution in [1.29, 1.82) is 0 Å². The van der Waals surface area contributed by atoms with Crippen LogP contribution in [0.1, 0.15) is 16.8 Å². The van der Waals surface area contributed by atoms with E-state index in [1.54, 1.807) is 25.4 Å². The van der Waals surface area contributed by atoms with E-state index in [0.29, 0.717) is 17.7 Å². The molecule has 3 heterocycles. The second kappa shape index (κ2) is 4.82. The molecule has 0 aliphatic carbocycles. The van der Waals surface area contributed by atoms with Crippen LogP contribution in [0.2, 0.25) is 0 Å². The largest absolute Gasteiger partial charge is 0.331 e. The monoisotopic (exact) mass is 285 g/mol. The molecule has 0 amide bonds. The molecule has 0 unspecified atom stereocenters. The van der Waals surface area contributed by atoms with Crippen LogP contribution in [0, 0.1) is 17.0 Å². The van der Waals surface area contributed by atoms with Gasteiger partial charge in [-0.15, -0.1) is 0 Å². The zero-order valence-corrected chi connectivity index (χ0v) is 11.1. The molecule has 0 saturated carbocycles. The Balaban J connectivity index is 2.17. The number of aryl methyl sites for hydroxylation is 1. The fraction of sp³-hybridized carbons (Fsp3) is 0.154. The first-order chi connectivity index (χ1) is 10.1. The molecule has 0 spiro atoms. The summed E-state index contributed by atoms with van der Waals surface area (Å²) < 4.78 is 1.09. The van der Waals surface area contributed by atoms with Crippen molar-refractivity contribution < 1.29 is 4.92 Å². The SMILES string of the molecule is Cc1nc2c([N+](=O)[O-])c[nH]n2c(=O)c1Cc1cccnc1. The van der Waals surface area contributed by atoms with Crippen molar-refractivity contribution in [3.05, 3.63) is 68.0 Å². The summed E-state index contributed by atoms with van der Waals surface area (Å²) in [6, 6.07) is 3.64. The first-order valence-electron chi connectivity index (χ1n) is 6.21. The molecule has 0 saturated heterocycles. The summed E-state index contributed by atoms with van der Waals surface area (Å²) in [6.07, 6.45) is 4.86. The number of rotatable bonds is 3. The zero-order chi connectivity index (χ0) is 15.0. The highest BCUT2D eigenvalue weighted by atomic mass is 16.6. The van der Waals surface area contributed by atoms with Crippen LogP contribution in [0.25, 0.3) is 5.65 Å². The average Bonchev–Trinajstić information content (AvgIpc) is 2.88. The van der Waals surface area contributed by atoms with Crippen molar-refractivity contribution in [3.63, 3.8) is 0 Å². The Morgan fingerprint density at radius 2 is 2.29 bits per heavy atom. The predicted molar refractivity (Wildman–Crippen MR) is 74.2 cm³/mol. The molecule has 0 aromatic carbocycles. The molecule has 1 N–H and O–H groups in total. The molecular weight excluding hydrogens is 274 g/mol. The topological polar surface area (TPSA) is 106 Å². The third kappa shape index (κ3) is 2.16. The molecule has 8 nitrogen and oxygen atoms in total. The number of hydrogen-bond acceptors (Lipinski definition) is 5. The number of pyridine rings is 1. The van der Waals surface area contributed by atoms with Gasteiger partial charge < -0.3 is 0 Å². The van der Waals surface area contributed by atoms with Gasteiger partial charge in [0.05, 0.1) is 4.92 Å². The second-order valence-electron chi connectivity index (χ2n) is 4.59. The molecule has 21 heavy (non-hydrogen) atoms. The number of hydrogen-bond donors (Lipinski definition) is 1. The van der Waals surface area contributed by atoms with E-state index in [0.717, 1.165) is 16.3 Å². The summed E-state index contributed by atoms with van der Waals surface area (Å²) in [5, 5.41) is 13.5. The molecule has 0 aliphatic rings. The Bertz CT molecular complexity index is 882. The molecule has 0 radical (unpaired) electrons. The van der Waals surface area contributed by atoms with Gasteiger partial charge in [-0.2, -0.15) is 4.52 Å². The van der Waals surface area contributed by atoms with Crippen molar-refractivity contribution in [2.75, 3.05) is 0 Å². The Morgan fingerprint density at radius 1 is 1.48 bits per heavy atom. The Morgan fingerprint density at radius 3 is 2.95 bits per heavy atom. The maximum atomic E-state index is 12.4. The first kappa shape index (κ1) is 13.0. The van der Waals surface area contributed by atoms with Crippen molar-refractivity contribution in [3.8, 4) is 0 Å². The summed E-state index contributed by atoms with van der Waals surface area (Å²) in [7, 11) is 0. The summed E-state index contributed by atoms with van der Waals surface area (Å²) in [6.45, 7) is 1.67. The van der Waals surface area contributed by atoms with E-state index >= 15 is 0 Å². The lowest BCUT2D eigenvalue weighted by Crippen LogP contribution is -2.22. The average molecular weight is 285 g/mol. The van der Waals surface area contributed by atoms with E-state index in [-0.39, 0.29) is 16.9 Å². The number of nitro groups is 1. The van der Waals surface area contributed by atoms with Crippen molar-refractivity contribution in [2.45, 2.75) is 13.3 Å². The van der Waals surface area contributed by atoms with E-state index in [2.05, 4.69) is 15.1 Å². The van der Waals surface area contributed by atoms with Gasteiger partial charge in [0.2, 0.25) is 5.65 Å². The van der Waals surface area contributed by atoms with E-state index in [4.69, 9.17) is 0 Å². The number of nitrogens with one attached hydrogen (secondary N) is 1. The predicted octanol–water partition coefficient (Wildman–Crippen LogP) is 1.23. The quantitative estimate of drug-likeness (QED) is 0.575. The lowest BCUT2D eigenvalue weighted by Gasteiger charge is -2.05. The molecule has 8 heteroatoms. The molecule has 0 atom stereocenters. The lowest BCUT2D eigenvalue weighted by atomic mass is 10.1. The molecular formula is C13H11N5O3. The summed E-state index contributed by atoms with van der Waals surface area (Å²) in [4.78, 5) is 31.0. The highest BCUT2D eigenvalue weighted by Crippen LogP contribution is 2.17. The fourth-order valence-corrected chi connectivity index (χ4v) is 2.19. The van der Waals surface area contributed by atoms with Gasteiger partial charge in [-0.25, -0.2) is 4.98 Å². The normalized spacial score (nSPS) is 10.9. The molecule has 106 valence electrons. The van der Waals surface area contributed by atoms with Crippen LogP contribution in [-0.4, -0.2) is 24.5 Å². The van der Waals surface area contributed by atoms with Gasteiger partial charge in [0.25, 0.3) is 5.56 Å². The van der Waals surface area contributed by atoms with E-state index in [9.17, 15) is 14.9 Å². The van der Waals surface area contributed by atoms with Crippen LogP contribution in [0.3, 0.4) is 0 Å². The molecule has 0 fully saturated rings. The maximum Gasteiger partial charge on any atom is 0.331 e. The van der Waals surface area contributed by atoms with Gasteiger partial charge in [0.1, 0.15) is 6.20 Å². The number of H-pyrrole nitrogens is 1. The van der Waals surface area contributed by atoms with Gasteiger partial charge in [-0.05, 0) is 18.6 Å². The van der Waals surface area contributed by atoms with Gasteiger partial charge in [0.15, 0.2) is 0 Å². The Labute approximate surface area is 118 Å². The Hall–Kier alpha value is -3.03. The standard InChI is InChI=1S/C13H11N5O3/c1-8-10(5-9-3-2-4-14-6-9)13(19)17-12(16-8)11(7-15-17)18(20)21/h2-4,6-7,15H,5H2,1H3. The fourth-order valence-electron chi connectivity index (χ4n) is 2.19. The smallest absolute Gasteiger partial charge is 0.290 e. The number of aromatic nitrogens is 4. The van der Waals surface area contributed by atoms with Crippen LogP contribution in [-0.2, 0) is 6.42 Å². The molecule has 3 aromatic heterocycles. The van der Waals surface area contributed by atoms with E-state index in [1.165, 1.54) is 0 Å². The Kier molecular flexibility index (Phi) is 2.98. The summed E-state index contributed by atoms with van der Waals surface area (Å²) in [5.74, 6) is 0. The minimum atomic E-state index is -0.571. The highest BCUT2D eigenvalue weighted by molar-refractivity contribution is 5.58. The number of aromatic amines is 1. The van der Waals surface area contributed by atoms with Crippen LogP contribution in [0.4, 0.5) is 5.69 Å². The maximum absolute atomic E-state index is 12.4. The molecule has 0 bridgehead atoms. The van der Waals surface area contributed by atoms with Crippen LogP contribution >= 0.6 is 0 Å². The third-order valence-corrected chi connectivity index (χ3v) is 3.24. The first-order valence-corrected chi connectivity index (χ1v) is 6.21. The van der Waals surface area contributed by atoms with E-state index < -0.39 is 4.92 Å². The van der Waals surface area contributed by atoms with Gasteiger partial charge in [-0.1, -0.05) is 6.07 Å². The molecule has 3 rings (SSSR count). The summed E-state index contributed by atoms with van der Waals surface area (Å²) >= 11 is 0. The van der Waals surface area contributed by atoms with Crippen LogP contribution < -0.4 is 5.56 Å². The van der Waals surface area contributed by atoms with Crippen molar-refractivity contribution >= 4 is 11.3 Å². The van der Waals surface area contributed by atoms with Crippen LogP contribution in [0.5, 0.6) is 0 Å². The van der Waals surface area contributed by atoms with E-state index in [1.807, 2.05) is 6.07 Å². The number of nitrogens with zero attached hydrogens (tertiary/aromatic N) is 4. The zero-order valence-electron chi connectivity index (χ0n) is 11.1. The van der Waals surface area contributed by atoms with Gasteiger partial charge in [-0.3, -0.25) is 25.0 Å². The second-order valence-corrected chi connectivity index (χ2v) is 4.59. The van der Waals surface area contributed by atoms with Crippen molar-refractivity contribution in [1.82, 2.24) is 19.6 Å². The van der Waals surface area contributed by atoms with Gasteiger partial charge in [0, 0.05) is 30.1 Å². The molecule has 3 aromatic rings. The minimum Gasteiger partial charge on any atom is -0.290 e. The lowest BCUT2D eigenvalue weighted by molar-refractivity contribution is -0.383. The minimum absolute atomic E-state index is 0.0254. The third-order valence-electron chi connectivity index (χ3n) is 3.24. The number of fused-ring (bicyclic) bond motifs is 1. The highest BCUT2D eigenvalue weighted by Gasteiger charge is 2.20.